The normalized spacial score (nSPS) is 14.9. The maximum atomic E-state index is 12.7. The molecule has 1 aliphatic heterocycles. The van der Waals surface area contributed by atoms with Crippen molar-refractivity contribution in [2.24, 2.45) is 5.92 Å². The summed E-state index contributed by atoms with van der Waals surface area (Å²) in [7, 11) is 1.65. The standard InChI is InChI=1S/C19H25N5O3/c1-27-12-2-7-21-18(25)15-5-10-24(11-6-15)19(26)17-13-16(22-23-17)14-3-8-20-9-4-14/h3-4,8-9,13,15H,2,5-7,10-12H2,1H3,(H,21,25)(H,22,23). The van der Waals surface area contributed by atoms with E-state index in [1.807, 2.05) is 12.1 Å². The molecule has 8 heteroatoms. The number of likely N-dealkylation sites (tertiary alicyclic amines) is 1. The van der Waals surface area contributed by atoms with Gasteiger partial charge in [-0.1, -0.05) is 0 Å². The Morgan fingerprint density at radius 1 is 1.30 bits per heavy atom. The highest BCUT2D eigenvalue weighted by molar-refractivity contribution is 5.93. The molecule has 1 fully saturated rings. The number of nitrogens with one attached hydrogen (secondary N) is 2. The number of amides is 2. The first-order valence-electron chi connectivity index (χ1n) is 9.20. The van der Waals surface area contributed by atoms with Crippen molar-refractivity contribution in [3.63, 3.8) is 0 Å². The number of carbonyl (C=O) groups excluding carboxylic acids is 2. The van der Waals surface area contributed by atoms with Crippen molar-refractivity contribution >= 4 is 11.8 Å². The number of pyridine rings is 1. The van der Waals surface area contributed by atoms with Gasteiger partial charge in [-0.15, -0.1) is 0 Å². The quantitative estimate of drug-likeness (QED) is 0.718. The summed E-state index contributed by atoms with van der Waals surface area (Å²) in [6.45, 7) is 2.40. The molecule has 8 nitrogen and oxygen atoms in total. The summed E-state index contributed by atoms with van der Waals surface area (Å²) < 4.78 is 4.97. The van der Waals surface area contributed by atoms with Crippen LogP contribution in [0.1, 0.15) is 29.8 Å². The monoisotopic (exact) mass is 371 g/mol. The third kappa shape index (κ3) is 4.91. The van der Waals surface area contributed by atoms with E-state index in [1.165, 1.54) is 0 Å². The van der Waals surface area contributed by atoms with Gasteiger partial charge in [0.05, 0.1) is 5.69 Å². The summed E-state index contributed by atoms with van der Waals surface area (Å²) in [5, 5.41) is 9.98. The first kappa shape index (κ1) is 19.0. The molecular weight excluding hydrogens is 346 g/mol. The molecule has 3 heterocycles. The average molecular weight is 371 g/mol. The van der Waals surface area contributed by atoms with Crippen molar-refractivity contribution in [1.82, 2.24) is 25.4 Å². The van der Waals surface area contributed by atoms with E-state index in [0.717, 1.165) is 12.0 Å². The van der Waals surface area contributed by atoms with Gasteiger partial charge in [0.2, 0.25) is 5.91 Å². The number of hydrogen-bond acceptors (Lipinski definition) is 5. The van der Waals surface area contributed by atoms with Crippen molar-refractivity contribution < 1.29 is 14.3 Å². The molecule has 0 bridgehead atoms. The minimum atomic E-state index is -0.0817. The Bertz CT molecular complexity index is 754. The van der Waals surface area contributed by atoms with Crippen LogP contribution in [-0.4, -0.2) is 65.2 Å². The van der Waals surface area contributed by atoms with E-state index < -0.39 is 0 Å². The molecule has 144 valence electrons. The van der Waals surface area contributed by atoms with Gasteiger partial charge < -0.3 is 15.0 Å². The number of nitrogens with zero attached hydrogens (tertiary/aromatic N) is 3. The number of H-pyrrole nitrogens is 1. The number of aromatic amines is 1. The predicted molar refractivity (Wildman–Crippen MR) is 99.9 cm³/mol. The predicted octanol–water partition coefficient (Wildman–Crippen LogP) is 1.48. The Hall–Kier alpha value is -2.74. The Labute approximate surface area is 158 Å². The third-order valence-electron chi connectivity index (χ3n) is 4.76. The van der Waals surface area contributed by atoms with E-state index in [2.05, 4.69) is 20.5 Å². The Balaban J connectivity index is 1.50. The Morgan fingerprint density at radius 3 is 2.74 bits per heavy atom. The van der Waals surface area contributed by atoms with Gasteiger partial charge in [0.25, 0.3) is 5.91 Å². The molecule has 27 heavy (non-hydrogen) atoms. The van der Waals surface area contributed by atoms with Crippen LogP contribution in [0.25, 0.3) is 11.3 Å². The molecule has 0 aromatic carbocycles. The second-order valence-corrected chi connectivity index (χ2v) is 6.61. The molecule has 0 atom stereocenters. The largest absolute Gasteiger partial charge is 0.385 e. The van der Waals surface area contributed by atoms with Crippen LogP contribution in [0.4, 0.5) is 0 Å². The summed E-state index contributed by atoms with van der Waals surface area (Å²) >= 11 is 0. The molecule has 1 saturated heterocycles. The number of rotatable bonds is 7. The highest BCUT2D eigenvalue weighted by Crippen LogP contribution is 2.21. The molecule has 2 N–H and O–H groups in total. The van der Waals surface area contributed by atoms with Gasteiger partial charge >= 0.3 is 0 Å². The lowest BCUT2D eigenvalue weighted by Gasteiger charge is -2.31. The molecular formula is C19H25N5O3. The summed E-state index contributed by atoms with van der Waals surface area (Å²) in [5.74, 6) is -0.0489. The molecule has 2 aromatic heterocycles. The molecule has 2 amide bonds. The number of aromatic nitrogens is 3. The van der Waals surface area contributed by atoms with Crippen molar-refractivity contribution in [2.75, 3.05) is 33.4 Å². The van der Waals surface area contributed by atoms with E-state index >= 15 is 0 Å². The average Bonchev–Trinajstić information content (AvgIpc) is 3.21. The van der Waals surface area contributed by atoms with Crippen LogP contribution in [0.5, 0.6) is 0 Å². The van der Waals surface area contributed by atoms with Gasteiger partial charge in [-0.25, -0.2) is 0 Å². The second kappa shape index (κ2) is 9.27. The van der Waals surface area contributed by atoms with Gasteiger partial charge in [-0.05, 0) is 37.5 Å². The summed E-state index contributed by atoms with van der Waals surface area (Å²) in [4.78, 5) is 30.6. The Morgan fingerprint density at radius 2 is 2.04 bits per heavy atom. The summed E-state index contributed by atoms with van der Waals surface area (Å²) in [6.07, 6.45) is 5.53. The topological polar surface area (TPSA) is 100 Å². The van der Waals surface area contributed by atoms with Crippen LogP contribution in [0.15, 0.2) is 30.6 Å². The molecule has 0 aliphatic carbocycles. The van der Waals surface area contributed by atoms with E-state index in [9.17, 15) is 9.59 Å². The van der Waals surface area contributed by atoms with E-state index in [0.29, 0.717) is 50.5 Å². The number of methoxy groups -OCH3 is 1. The number of carbonyl (C=O) groups is 2. The van der Waals surface area contributed by atoms with E-state index in [-0.39, 0.29) is 17.7 Å². The lowest BCUT2D eigenvalue weighted by atomic mass is 9.95. The van der Waals surface area contributed by atoms with E-state index in [4.69, 9.17) is 4.74 Å². The van der Waals surface area contributed by atoms with Gasteiger partial charge in [0.15, 0.2) is 0 Å². The highest BCUT2D eigenvalue weighted by Gasteiger charge is 2.28. The SMILES string of the molecule is COCCCNC(=O)C1CCN(C(=O)c2cc(-c3ccncc3)n[nH]2)CC1. The Kier molecular flexibility index (Phi) is 6.54. The second-order valence-electron chi connectivity index (χ2n) is 6.61. The van der Waals surface area contributed by atoms with Crippen molar-refractivity contribution in [2.45, 2.75) is 19.3 Å². The molecule has 0 spiro atoms. The first-order valence-corrected chi connectivity index (χ1v) is 9.20. The van der Waals surface area contributed by atoms with Crippen molar-refractivity contribution in [1.29, 1.82) is 0 Å². The molecule has 0 saturated carbocycles. The fraction of sp³-hybridized carbons (Fsp3) is 0.474. The zero-order valence-electron chi connectivity index (χ0n) is 15.5. The number of hydrogen-bond donors (Lipinski definition) is 2. The fourth-order valence-corrected chi connectivity index (χ4v) is 3.19. The lowest BCUT2D eigenvalue weighted by molar-refractivity contribution is -0.126. The van der Waals surface area contributed by atoms with Gasteiger partial charge in [0, 0.05) is 57.2 Å². The van der Waals surface area contributed by atoms with Crippen LogP contribution in [0.2, 0.25) is 0 Å². The van der Waals surface area contributed by atoms with Crippen LogP contribution < -0.4 is 5.32 Å². The zero-order valence-corrected chi connectivity index (χ0v) is 15.5. The highest BCUT2D eigenvalue weighted by atomic mass is 16.5. The fourth-order valence-electron chi connectivity index (χ4n) is 3.19. The van der Waals surface area contributed by atoms with Gasteiger partial charge in [-0.2, -0.15) is 5.10 Å². The minimum Gasteiger partial charge on any atom is -0.385 e. The number of ether oxygens (including phenoxy) is 1. The van der Waals surface area contributed by atoms with Crippen LogP contribution >= 0.6 is 0 Å². The minimum absolute atomic E-state index is 0.0364. The first-order chi connectivity index (χ1) is 13.2. The molecule has 0 radical (unpaired) electrons. The van der Waals surface area contributed by atoms with Gasteiger partial charge in [0.1, 0.15) is 5.69 Å². The maximum Gasteiger partial charge on any atom is 0.271 e. The molecule has 1 aliphatic rings. The van der Waals surface area contributed by atoms with Crippen molar-refractivity contribution in [3.8, 4) is 11.3 Å². The summed E-state index contributed by atoms with van der Waals surface area (Å²) in [5.41, 5.74) is 2.08. The lowest BCUT2D eigenvalue weighted by Crippen LogP contribution is -2.43. The van der Waals surface area contributed by atoms with E-state index in [1.54, 1.807) is 30.5 Å². The molecule has 2 aromatic rings. The summed E-state index contributed by atoms with van der Waals surface area (Å²) in [6, 6.07) is 5.45. The maximum absolute atomic E-state index is 12.7. The van der Waals surface area contributed by atoms with Crippen molar-refractivity contribution in [3.05, 3.63) is 36.3 Å². The zero-order chi connectivity index (χ0) is 19.1. The molecule has 3 rings (SSSR count). The van der Waals surface area contributed by atoms with Gasteiger partial charge in [-0.3, -0.25) is 19.7 Å². The smallest absolute Gasteiger partial charge is 0.271 e. The third-order valence-corrected chi connectivity index (χ3v) is 4.76. The van der Waals surface area contributed by atoms with Crippen LogP contribution in [-0.2, 0) is 9.53 Å². The van der Waals surface area contributed by atoms with Crippen LogP contribution in [0, 0.1) is 5.92 Å². The number of piperidine rings is 1. The van der Waals surface area contributed by atoms with Crippen LogP contribution in [0.3, 0.4) is 0 Å². The molecule has 0 unspecified atom stereocenters.